The molecule has 11 heavy (non-hydrogen) atoms. The highest BCUT2D eigenvalue weighted by Crippen LogP contribution is 2.30. The summed E-state index contributed by atoms with van der Waals surface area (Å²) in [6.07, 6.45) is 5.74. The van der Waals surface area contributed by atoms with Crippen LogP contribution in [0.15, 0.2) is 12.7 Å². The van der Waals surface area contributed by atoms with E-state index in [2.05, 4.69) is 15.4 Å². The Labute approximate surface area is 65.6 Å². The van der Waals surface area contributed by atoms with Crippen molar-refractivity contribution < 1.29 is 0 Å². The Hall–Kier alpha value is -0.900. The Bertz CT molecular complexity index is 212. The molecule has 0 radical (unpaired) electrons. The zero-order chi connectivity index (χ0) is 7.68. The lowest BCUT2D eigenvalue weighted by Gasteiger charge is -2.34. The van der Waals surface area contributed by atoms with Gasteiger partial charge in [0.05, 0.1) is 6.04 Å². The van der Waals surface area contributed by atoms with Crippen molar-refractivity contribution in [3.8, 4) is 0 Å². The fraction of sp³-hybridized carbons (Fsp3) is 0.714. The van der Waals surface area contributed by atoms with Crippen LogP contribution in [-0.4, -0.2) is 27.9 Å². The van der Waals surface area contributed by atoms with Crippen LogP contribution in [0.1, 0.15) is 18.9 Å². The standard InChI is InChI=1S/C7H12N4/c1-8-6-2-7(3-6)11-5-9-4-10-11/h4-8H,2-3H2,1H3. The third-order valence-electron chi connectivity index (χ3n) is 2.33. The molecule has 0 amide bonds. The van der Waals surface area contributed by atoms with Crippen molar-refractivity contribution in [2.75, 3.05) is 7.05 Å². The first-order chi connectivity index (χ1) is 5.40. The second kappa shape index (κ2) is 2.62. The molecule has 0 aromatic carbocycles. The molecule has 1 saturated carbocycles. The zero-order valence-corrected chi connectivity index (χ0v) is 6.57. The Morgan fingerprint density at radius 2 is 2.36 bits per heavy atom. The highest BCUT2D eigenvalue weighted by Gasteiger charge is 2.29. The fourth-order valence-electron chi connectivity index (χ4n) is 1.45. The summed E-state index contributed by atoms with van der Waals surface area (Å²) in [7, 11) is 2.00. The third-order valence-corrected chi connectivity index (χ3v) is 2.33. The topological polar surface area (TPSA) is 42.7 Å². The van der Waals surface area contributed by atoms with Gasteiger partial charge in [-0.05, 0) is 19.9 Å². The number of nitrogens with one attached hydrogen (secondary N) is 1. The monoisotopic (exact) mass is 152 g/mol. The SMILES string of the molecule is CNC1CC(n2cncn2)C1. The molecule has 1 fully saturated rings. The van der Waals surface area contributed by atoms with Crippen molar-refractivity contribution in [1.82, 2.24) is 20.1 Å². The van der Waals surface area contributed by atoms with Crippen molar-refractivity contribution in [3.05, 3.63) is 12.7 Å². The summed E-state index contributed by atoms with van der Waals surface area (Å²) in [5, 5.41) is 7.32. The minimum absolute atomic E-state index is 0.579. The van der Waals surface area contributed by atoms with Gasteiger partial charge in [0.2, 0.25) is 0 Å². The molecule has 60 valence electrons. The first-order valence-corrected chi connectivity index (χ1v) is 3.91. The molecule has 0 bridgehead atoms. The minimum Gasteiger partial charge on any atom is -0.317 e. The largest absolute Gasteiger partial charge is 0.317 e. The molecule has 0 saturated heterocycles. The molecule has 1 aromatic heterocycles. The first-order valence-electron chi connectivity index (χ1n) is 3.91. The number of nitrogens with zero attached hydrogens (tertiary/aromatic N) is 3. The number of aromatic nitrogens is 3. The Balaban J connectivity index is 1.92. The van der Waals surface area contributed by atoms with Crippen LogP contribution in [0.4, 0.5) is 0 Å². The number of hydrogen-bond acceptors (Lipinski definition) is 3. The maximum Gasteiger partial charge on any atom is 0.137 e. The molecule has 1 heterocycles. The van der Waals surface area contributed by atoms with Crippen LogP contribution < -0.4 is 5.32 Å². The molecule has 2 rings (SSSR count). The van der Waals surface area contributed by atoms with E-state index in [1.165, 1.54) is 12.8 Å². The summed E-state index contributed by atoms with van der Waals surface area (Å²) in [6, 6.07) is 1.26. The van der Waals surface area contributed by atoms with E-state index in [1.807, 2.05) is 11.7 Å². The number of hydrogen-bond donors (Lipinski definition) is 1. The predicted octanol–water partition coefficient (Wildman–Crippen LogP) is 0.201. The van der Waals surface area contributed by atoms with E-state index in [1.54, 1.807) is 12.7 Å². The third kappa shape index (κ3) is 1.14. The molecular formula is C7H12N4. The van der Waals surface area contributed by atoms with Gasteiger partial charge in [0.25, 0.3) is 0 Å². The van der Waals surface area contributed by atoms with Gasteiger partial charge in [-0.25, -0.2) is 9.67 Å². The summed E-state index contributed by atoms with van der Waals surface area (Å²) < 4.78 is 1.94. The van der Waals surface area contributed by atoms with Gasteiger partial charge >= 0.3 is 0 Å². The lowest BCUT2D eigenvalue weighted by Crippen LogP contribution is -2.40. The maximum atomic E-state index is 4.08. The van der Waals surface area contributed by atoms with Crippen LogP contribution in [0.5, 0.6) is 0 Å². The van der Waals surface area contributed by atoms with Crippen molar-refractivity contribution in [2.45, 2.75) is 24.9 Å². The van der Waals surface area contributed by atoms with E-state index in [4.69, 9.17) is 0 Å². The zero-order valence-electron chi connectivity index (χ0n) is 6.57. The Morgan fingerprint density at radius 1 is 1.55 bits per heavy atom. The van der Waals surface area contributed by atoms with E-state index in [0.29, 0.717) is 12.1 Å². The highest BCUT2D eigenvalue weighted by molar-refractivity contribution is 4.87. The highest BCUT2D eigenvalue weighted by atomic mass is 15.3. The van der Waals surface area contributed by atoms with Gasteiger partial charge < -0.3 is 5.32 Å². The average Bonchev–Trinajstić information content (AvgIpc) is 2.37. The minimum atomic E-state index is 0.579. The van der Waals surface area contributed by atoms with Crippen molar-refractivity contribution in [1.29, 1.82) is 0 Å². The molecule has 0 aliphatic heterocycles. The van der Waals surface area contributed by atoms with Crippen LogP contribution in [0.3, 0.4) is 0 Å². The summed E-state index contributed by atoms with van der Waals surface area (Å²) >= 11 is 0. The fourth-order valence-corrected chi connectivity index (χ4v) is 1.45. The predicted molar refractivity (Wildman–Crippen MR) is 41.1 cm³/mol. The van der Waals surface area contributed by atoms with Crippen molar-refractivity contribution >= 4 is 0 Å². The molecule has 0 spiro atoms. The van der Waals surface area contributed by atoms with Gasteiger partial charge in [-0.2, -0.15) is 5.10 Å². The lowest BCUT2D eigenvalue weighted by molar-refractivity contribution is 0.219. The van der Waals surface area contributed by atoms with Crippen LogP contribution in [-0.2, 0) is 0 Å². The summed E-state index contributed by atoms with van der Waals surface area (Å²) in [5.41, 5.74) is 0. The second-order valence-corrected chi connectivity index (χ2v) is 2.99. The van der Waals surface area contributed by atoms with Gasteiger partial charge in [0, 0.05) is 6.04 Å². The van der Waals surface area contributed by atoms with Crippen LogP contribution in [0.25, 0.3) is 0 Å². The molecule has 1 aliphatic rings. The van der Waals surface area contributed by atoms with E-state index < -0.39 is 0 Å². The summed E-state index contributed by atoms with van der Waals surface area (Å²) in [4.78, 5) is 3.91. The van der Waals surface area contributed by atoms with Crippen LogP contribution >= 0.6 is 0 Å². The van der Waals surface area contributed by atoms with Gasteiger partial charge in [0.1, 0.15) is 12.7 Å². The molecule has 0 atom stereocenters. The molecular weight excluding hydrogens is 140 g/mol. The van der Waals surface area contributed by atoms with Crippen LogP contribution in [0.2, 0.25) is 0 Å². The van der Waals surface area contributed by atoms with Crippen LogP contribution in [0, 0.1) is 0 Å². The number of rotatable bonds is 2. The van der Waals surface area contributed by atoms with Gasteiger partial charge in [0.15, 0.2) is 0 Å². The molecule has 4 heteroatoms. The van der Waals surface area contributed by atoms with Gasteiger partial charge in [-0.3, -0.25) is 0 Å². The van der Waals surface area contributed by atoms with Crippen molar-refractivity contribution in [2.24, 2.45) is 0 Å². The molecule has 1 N–H and O–H groups in total. The van der Waals surface area contributed by atoms with E-state index in [0.717, 1.165) is 0 Å². The van der Waals surface area contributed by atoms with Gasteiger partial charge in [-0.15, -0.1) is 0 Å². The van der Waals surface area contributed by atoms with E-state index >= 15 is 0 Å². The molecule has 4 nitrogen and oxygen atoms in total. The summed E-state index contributed by atoms with van der Waals surface area (Å²) in [5.74, 6) is 0. The van der Waals surface area contributed by atoms with E-state index in [9.17, 15) is 0 Å². The maximum absolute atomic E-state index is 4.08. The van der Waals surface area contributed by atoms with Gasteiger partial charge in [-0.1, -0.05) is 0 Å². The normalized spacial score (nSPS) is 29.9. The first kappa shape index (κ1) is 6.79. The molecule has 1 aliphatic carbocycles. The Morgan fingerprint density at radius 3 is 2.91 bits per heavy atom. The molecule has 1 aromatic rings. The lowest BCUT2D eigenvalue weighted by atomic mass is 9.87. The summed E-state index contributed by atoms with van der Waals surface area (Å²) in [6.45, 7) is 0. The smallest absolute Gasteiger partial charge is 0.137 e. The molecule has 0 unspecified atom stereocenters. The average molecular weight is 152 g/mol. The van der Waals surface area contributed by atoms with E-state index in [-0.39, 0.29) is 0 Å². The second-order valence-electron chi connectivity index (χ2n) is 2.99. The quantitative estimate of drug-likeness (QED) is 0.658. The Kier molecular flexibility index (Phi) is 1.62. The van der Waals surface area contributed by atoms with Crippen molar-refractivity contribution in [3.63, 3.8) is 0 Å².